The molecule has 102 valence electrons. The second kappa shape index (κ2) is 4.87. The summed E-state index contributed by atoms with van der Waals surface area (Å²) in [5.74, 6) is -1.48. The standard InChI is InChI=1S/C13H15FN2O3/c1-4-19-12(17)10-8(14)5-6-9-11(10)15-13(18)16(9)7(2)3/h5-7H,4H2,1-3H3,(H,15,18). The molecule has 1 aromatic carbocycles. The zero-order chi connectivity index (χ0) is 14.2. The number of hydrogen-bond donors (Lipinski definition) is 1. The van der Waals surface area contributed by atoms with Gasteiger partial charge in [-0.25, -0.2) is 14.0 Å². The Labute approximate surface area is 109 Å². The first-order valence-electron chi connectivity index (χ1n) is 6.07. The van der Waals surface area contributed by atoms with Crippen molar-refractivity contribution < 1.29 is 13.9 Å². The lowest BCUT2D eigenvalue weighted by Gasteiger charge is -2.08. The fraction of sp³-hybridized carbons (Fsp3) is 0.385. The molecule has 0 aliphatic rings. The van der Waals surface area contributed by atoms with Gasteiger partial charge in [0.15, 0.2) is 0 Å². The third-order valence-corrected chi connectivity index (χ3v) is 2.84. The van der Waals surface area contributed by atoms with E-state index in [0.717, 1.165) is 0 Å². The van der Waals surface area contributed by atoms with Crippen molar-refractivity contribution in [3.8, 4) is 0 Å². The maximum absolute atomic E-state index is 13.8. The summed E-state index contributed by atoms with van der Waals surface area (Å²) in [6.45, 7) is 5.45. The molecule has 1 heterocycles. The van der Waals surface area contributed by atoms with Crippen molar-refractivity contribution in [1.29, 1.82) is 0 Å². The summed E-state index contributed by atoms with van der Waals surface area (Å²) in [5.41, 5.74) is 0.0681. The first kappa shape index (κ1) is 13.3. The van der Waals surface area contributed by atoms with Gasteiger partial charge in [-0.15, -0.1) is 0 Å². The number of fused-ring (bicyclic) bond motifs is 1. The molecule has 1 aromatic heterocycles. The Hall–Kier alpha value is -2.11. The van der Waals surface area contributed by atoms with Crippen LogP contribution in [0.25, 0.3) is 11.0 Å². The Kier molecular flexibility index (Phi) is 3.42. The summed E-state index contributed by atoms with van der Waals surface area (Å²) in [7, 11) is 0. The first-order valence-corrected chi connectivity index (χ1v) is 6.07. The summed E-state index contributed by atoms with van der Waals surface area (Å²) < 4.78 is 20.1. The summed E-state index contributed by atoms with van der Waals surface area (Å²) in [4.78, 5) is 26.2. The van der Waals surface area contributed by atoms with Crippen LogP contribution in [0.5, 0.6) is 0 Å². The van der Waals surface area contributed by atoms with Crippen LogP contribution < -0.4 is 5.69 Å². The number of imidazole rings is 1. The predicted molar refractivity (Wildman–Crippen MR) is 68.9 cm³/mol. The first-order chi connectivity index (χ1) is 8.97. The molecule has 0 bridgehead atoms. The molecule has 0 unspecified atom stereocenters. The molecule has 0 aliphatic carbocycles. The maximum Gasteiger partial charge on any atom is 0.343 e. The van der Waals surface area contributed by atoms with E-state index in [-0.39, 0.29) is 29.4 Å². The molecular formula is C13H15FN2O3. The molecule has 0 atom stereocenters. The average Bonchev–Trinajstić information content (AvgIpc) is 2.64. The van der Waals surface area contributed by atoms with Crippen molar-refractivity contribution in [3.05, 3.63) is 34.0 Å². The minimum Gasteiger partial charge on any atom is -0.462 e. The van der Waals surface area contributed by atoms with E-state index in [9.17, 15) is 14.0 Å². The number of H-pyrrole nitrogens is 1. The fourth-order valence-electron chi connectivity index (χ4n) is 2.09. The number of nitrogens with zero attached hydrogens (tertiary/aromatic N) is 1. The number of carbonyl (C=O) groups is 1. The van der Waals surface area contributed by atoms with Crippen LogP contribution in [-0.4, -0.2) is 22.1 Å². The summed E-state index contributed by atoms with van der Waals surface area (Å²) in [6, 6.07) is 2.55. The number of benzene rings is 1. The number of ether oxygens (including phenoxy) is 1. The van der Waals surface area contributed by atoms with Gasteiger partial charge in [0.2, 0.25) is 0 Å². The number of aromatic amines is 1. The third-order valence-electron chi connectivity index (χ3n) is 2.84. The normalized spacial score (nSPS) is 11.2. The van der Waals surface area contributed by atoms with Crippen molar-refractivity contribution in [2.24, 2.45) is 0 Å². The number of rotatable bonds is 3. The molecule has 0 fully saturated rings. The molecule has 2 aromatic rings. The molecule has 1 N–H and O–H groups in total. The van der Waals surface area contributed by atoms with Crippen molar-refractivity contribution in [3.63, 3.8) is 0 Å². The molecule has 19 heavy (non-hydrogen) atoms. The van der Waals surface area contributed by atoms with Crippen molar-refractivity contribution >= 4 is 17.0 Å². The van der Waals surface area contributed by atoms with Gasteiger partial charge in [0.25, 0.3) is 0 Å². The quantitative estimate of drug-likeness (QED) is 0.866. The lowest BCUT2D eigenvalue weighted by atomic mass is 10.1. The number of halogens is 1. The Morgan fingerprint density at radius 2 is 2.16 bits per heavy atom. The SMILES string of the molecule is CCOC(=O)c1c(F)ccc2c1[nH]c(=O)n2C(C)C. The Morgan fingerprint density at radius 3 is 2.74 bits per heavy atom. The van der Waals surface area contributed by atoms with Crippen LogP contribution in [0.3, 0.4) is 0 Å². The topological polar surface area (TPSA) is 64.1 Å². The van der Waals surface area contributed by atoms with Gasteiger partial charge in [-0.1, -0.05) is 0 Å². The predicted octanol–water partition coefficient (Wildman–Crippen LogP) is 2.23. The van der Waals surface area contributed by atoms with Gasteiger partial charge in [-0.2, -0.15) is 0 Å². The lowest BCUT2D eigenvalue weighted by molar-refractivity contribution is 0.0523. The van der Waals surface area contributed by atoms with Crippen LogP contribution in [0.15, 0.2) is 16.9 Å². The highest BCUT2D eigenvalue weighted by Gasteiger charge is 2.21. The van der Waals surface area contributed by atoms with Crippen LogP contribution in [0, 0.1) is 5.82 Å². The number of hydrogen-bond acceptors (Lipinski definition) is 3. The highest BCUT2D eigenvalue weighted by molar-refractivity contribution is 6.02. The molecule has 0 aliphatic heterocycles. The molecule has 6 heteroatoms. The average molecular weight is 266 g/mol. The van der Waals surface area contributed by atoms with Crippen molar-refractivity contribution in [2.45, 2.75) is 26.8 Å². The van der Waals surface area contributed by atoms with Crippen molar-refractivity contribution in [1.82, 2.24) is 9.55 Å². The molecule has 0 radical (unpaired) electrons. The van der Waals surface area contributed by atoms with Gasteiger partial charge in [-0.05, 0) is 32.9 Å². The van der Waals surface area contributed by atoms with E-state index in [0.29, 0.717) is 5.52 Å². The number of esters is 1. The minimum atomic E-state index is -0.775. The highest BCUT2D eigenvalue weighted by Crippen LogP contribution is 2.22. The molecule has 0 saturated carbocycles. The van der Waals surface area contributed by atoms with Gasteiger partial charge >= 0.3 is 11.7 Å². The molecule has 5 nitrogen and oxygen atoms in total. The van der Waals surface area contributed by atoms with Crippen LogP contribution in [0.1, 0.15) is 37.2 Å². The fourth-order valence-corrected chi connectivity index (χ4v) is 2.09. The van der Waals surface area contributed by atoms with Crippen LogP contribution in [0.4, 0.5) is 4.39 Å². The van der Waals surface area contributed by atoms with E-state index < -0.39 is 11.8 Å². The van der Waals surface area contributed by atoms with Crippen LogP contribution in [0.2, 0.25) is 0 Å². The van der Waals surface area contributed by atoms with Gasteiger partial charge < -0.3 is 9.72 Å². The van der Waals surface area contributed by atoms with E-state index >= 15 is 0 Å². The third kappa shape index (κ3) is 2.14. The highest BCUT2D eigenvalue weighted by atomic mass is 19.1. The van der Waals surface area contributed by atoms with Gasteiger partial charge in [0, 0.05) is 6.04 Å². The summed E-state index contributed by atoms with van der Waals surface area (Å²) in [5, 5.41) is 0. The largest absolute Gasteiger partial charge is 0.462 e. The molecule has 0 saturated heterocycles. The van der Waals surface area contributed by atoms with E-state index in [1.54, 1.807) is 6.92 Å². The van der Waals surface area contributed by atoms with Gasteiger partial charge in [-0.3, -0.25) is 4.57 Å². The number of aromatic nitrogens is 2. The number of carbonyl (C=O) groups excluding carboxylic acids is 1. The summed E-state index contributed by atoms with van der Waals surface area (Å²) in [6.07, 6.45) is 0. The van der Waals surface area contributed by atoms with E-state index in [2.05, 4.69) is 4.98 Å². The lowest BCUT2D eigenvalue weighted by Crippen LogP contribution is -2.18. The van der Waals surface area contributed by atoms with Crippen molar-refractivity contribution in [2.75, 3.05) is 6.61 Å². The van der Waals surface area contributed by atoms with Crippen LogP contribution in [-0.2, 0) is 4.74 Å². The molecular weight excluding hydrogens is 251 g/mol. The van der Waals surface area contributed by atoms with Crippen LogP contribution >= 0.6 is 0 Å². The minimum absolute atomic E-state index is 0.0956. The van der Waals surface area contributed by atoms with E-state index in [4.69, 9.17) is 4.74 Å². The maximum atomic E-state index is 13.8. The second-order valence-corrected chi connectivity index (χ2v) is 4.43. The number of nitrogens with one attached hydrogen (secondary N) is 1. The Bertz CT molecular complexity index is 685. The Balaban J connectivity index is 2.77. The summed E-state index contributed by atoms with van der Waals surface area (Å²) >= 11 is 0. The van der Waals surface area contributed by atoms with E-state index in [1.165, 1.54) is 16.7 Å². The zero-order valence-electron chi connectivity index (χ0n) is 11.0. The molecule has 2 rings (SSSR count). The van der Waals surface area contributed by atoms with E-state index in [1.807, 2.05) is 13.8 Å². The zero-order valence-corrected chi connectivity index (χ0v) is 11.0. The smallest absolute Gasteiger partial charge is 0.343 e. The van der Waals surface area contributed by atoms with Gasteiger partial charge in [0.1, 0.15) is 11.4 Å². The molecule has 0 spiro atoms. The second-order valence-electron chi connectivity index (χ2n) is 4.43. The molecule has 0 amide bonds. The Morgan fingerprint density at radius 1 is 1.47 bits per heavy atom. The monoisotopic (exact) mass is 266 g/mol. The van der Waals surface area contributed by atoms with Gasteiger partial charge in [0.05, 0.1) is 17.6 Å².